The standard InChI is InChI=1S/C41H78NO10P.Na/c1-3-5-7-9-11-13-15-17-19-21-23-25-27-29-31-33-40(44)52-37(35-50-53(47,48)51-36-38(42)41(45)46)34-49-39(43)32-30-28-26-24-22-20-18-16-14-12-10-8-6-4-2;/h17,19,37-38H,3-16,18,20-36,42H2,1-2H3,(H,45,46)(H,47,48);/b19-17+;/t37-,38+;/m1./s1/i34D2,35D2,37D;. The van der Waals surface area contributed by atoms with E-state index in [0.29, 0.717) is 19.3 Å². The first kappa shape index (κ1) is 45.9. The summed E-state index contributed by atoms with van der Waals surface area (Å²) in [5.74, 6) is -3.97. The zero-order valence-corrected chi connectivity index (χ0v) is 37.0. The van der Waals surface area contributed by atoms with Crippen LogP contribution in [0, 0.1) is 0 Å². The molecule has 313 valence electrons. The second kappa shape index (κ2) is 40.4. The van der Waals surface area contributed by atoms with Crippen LogP contribution in [-0.2, 0) is 37.5 Å². The molecule has 11 nitrogen and oxygen atoms in total. The van der Waals surface area contributed by atoms with Crippen molar-refractivity contribution in [3.8, 4) is 0 Å². The summed E-state index contributed by atoms with van der Waals surface area (Å²) >= 11 is 0. The van der Waals surface area contributed by atoms with Gasteiger partial charge in [-0.2, -0.15) is 0 Å². The van der Waals surface area contributed by atoms with E-state index in [1.165, 1.54) is 89.9 Å². The number of carbonyl (C=O) groups excluding carboxylic acids is 2. The minimum atomic E-state index is -5.59. The number of phosphoric ester groups is 1. The van der Waals surface area contributed by atoms with E-state index in [1.54, 1.807) is 0 Å². The molecule has 3 atom stereocenters. The van der Waals surface area contributed by atoms with Crippen LogP contribution in [0.25, 0.3) is 0 Å². The molecule has 54 heavy (non-hydrogen) atoms. The number of rotatable bonds is 40. The number of esters is 2. The van der Waals surface area contributed by atoms with Crippen molar-refractivity contribution >= 4 is 55.3 Å². The van der Waals surface area contributed by atoms with E-state index in [4.69, 9.17) is 27.2 Å². The third-order valence-corrected chi connectivity index (χ3v) is 9.64. The maximum Gasteiger partial charge on any atom is 0.472 e. The number of aliphatic carboxylic acids is 1. The molecule has 0 aliphatic rings. The molecule has 0 aromatic rings. The number of carboxylic acid groups (broad SMARTS) is 1. The first-order valence-corrected chi connectivity index (χ1v) is 22.2. The molecule has 0 saturated carbocycles. The van der Waals surface area contributed by atoms with Crippen molar-refractivity contribution in [1.82, 2.24) is 0 Å². The number of hydrogen-bond donors (Lipinski definition) is 3. The van der Waals surface area contributed by atoms with Gasteiger partial charge in [0.1, 0.15) is 12.6 Å². The molecule has 0 aromatic carbocycles. The summed E-state index contributed by atoms with van der Waals surface area (Å²) in [6.07, 6.45) is 28.2. The Hall–Kier alpha value is -0.780. The van der Waals surface area contributed by atoms with Crippen molar-refractivity contribution in [3.63, 3.8) is 0 Å². The van der Waals surface area contributed by atoms with E-state index < -0.39 is 57.6 Å². The van der Waals surface area contributed by atoms with Gasteiger partial charge in [-0.05, 0) is 38.5 Å². The van der Waals surface area contributed by atoms with Crippen LogP contribution >= 0.6 is 7.82 Å². The largest absolute Gasteiger partial charge is 0.480 e. The molecule has 13 heteroatoms. The van der Waals surface area contributed by atoms with E-state index in [2.05, 4.69) is 35.0 Å². The van der Waals surface area contributed by atoms with Crippen LogP contribution < -0.4 is 5.73 Å². The monoisotopic (exact) mass is 804 g/mol. The van der Waals surface area contributed by atoms with E-state index in [9.17, 15) is 23.8 Å². The molecule has 4 N–H and O–H groups in total. The Morgan fingerprint density at radius 3 is 1.46 bits per heavy atom. The van der Waals surface area contributed by atoms with Crippen molar-refractivity contribution in [2.75, 3.05) is 19.7 Å². The molecule has 0 fully saturated rings. The summed E-state index contributed by atoms with van der Waals surface area (Å²) in [7, 11) is -5.59. The summed E-state index contributed by atoms with van der Waals surface area (Å²) < 4.78 is 73.5. The fourth-order valence-corrected chi connectivity index (χ4v) is 6.16. The van der Waals surface area contributed by atoms with Crippen LogP contribution in [0.5, 0.6) is 0 Å². The van der Waals surface area contributed by atoms with Crippen LogP contribution in [0.1, 0.15) is 207 Å². The summed E-state index contributed by atoms with van der Waals surface area (Å²) in [5.41, 5.74) is 5.27. The molecule has 0 heterocycles. The van der Waals surface area contributed by atoms with Crippen LogP contribution in [0.15, 0.2) is 12.2 Å². The summed E-state index contributed by atoms with van der Waals surface area (Å²) in [4.78, 5) is 46.8. The molecule has 0 spiro atoms. The SMILES string of the molecule is [2H]C([2H])(OC(=O)CCCCCCCCCCCCCCCC)[C@@]([2H])(OC(=O)CCCCCCC/C=C/CCCCCCCC)C([2H])([2H])OP(=O)(O)OC[C@H](N)C(=O)O.[Na]. The number of unbranched alkanes of at least 4 members (excludes halogenated alkanes) is 24. The first-order chi connectivity index (χ1) is 27.4. The normalized spacial score (nSPS) is 16.1. The van der Waals surface area contributed by atoms with Crippen LogP contribution in [0.3, 0.4) is 0 Å². The van der Waals surface area contributed by atoms with E-state index in [-0.39, 0.29) is 48.8 Å². The second-order valence-corrected chi connectivity index (χ2v) is 15.3. The number of phosphoric acid groups is 1. The molecule has 0 rings (SSSR count). The smallest absolute Gasteiger partial charge is 0.472 e. The van der Waals surface area contributed by atoms with E-state index in [0.717, 1.165) is 57.8 Å². The predicted molar refractivity (Wildman–Crippen MR) is 218 cm³/mol. The van der Waals surface area contributed by atoms with Gasteiger partial charge < -0.3 is 25.2 Å². The van der Waals surface area contributed by atoms with Crippen molar-refractivity contribution in [2.24, 2.45) is 5.73 Å². The Bertz CT molecular complexity index is 1190. The topological polar surface area (TPSA) is 172 Å². The van der Waals surface area contributed by atoms with Gasteiger partial charge in [-0.15, -0.1) is 0 Å². The fraction of sp³-hybridized carbons (Fsp3) is 0.878. The minimum absolute atomic E-state index is 0. The van der Waals surface area contributed by atoms with Crippen LogP contribution in [0.4, 0.5) is 0 Å². The average Bonchev–Trinajstić information content (AvgIpc) is 3.14. The number of carbonyl (C=O) groups is 3. The summed E-state index contributed by atoms with van der Waals surface area (Å²) in [6, 6.07) is -1.80. The zero-order chi connectivity index (χ0) is 43.8. The molecule has 0 aromatic heterocycles. The average molecular weight is 804 g/mol. The van der Waals surface area contributed by atoms with Gasteiger partial charge in [-0.1, -0.05) is 161 Å². The van der Waals surface area contributed by atoms with Gasteiger partial charge in [0.25, 0.3) is 0 Å². The van der Waals surface area contributed by atoms with Gasteiger partial charge in [0.15, 0.2) is 6.08 Å². The van der Waals surface area contributed by atoms with E-state index in [1.807, 2.05) is 0 Å². The fourth-order valence-electron chi connectivity index (χ4n) is 5.56. The number of ether oxygens (including phenoxy) is 2. The van der Waals surface area contributed by atoms with E-state index >= 15 is 0 Å². The van der Waals surface area contributed by atoms with Gasteiger partial charge in [-0.3, -0.25) is 23.4 Å². The van der Waals surface area contributed by atoms with Gasteiger partial charge >= 0.3 is 25.7 Å². The second-order valence-electron chi connectivity index (χ2n) is 14.0. The third-order valence-electron chi connectivity index (χ3n) is 8.84. The molecule has 0 saturated heterocycles. The molecule has 0 aliphatic carbocycles. The Morgan fingerprint density at radius 1 is 0.648 bits per heavy atom. The number of hydrogen-bond acceptors (Lipinski definition) is 9. The predicted octanol–water partition coefficient (Wildman–Crippen LogP) is 10.5. The molecular formula is C41H78NNaO10P. The molecule has 0 aliphatic heterocycles. The summed E-state index contributed by atoms with van der Waals surface area (Å²) in [5, 5.41) is 8.93. The number of carboxylic acids is 1. The van der Waals surface area contributed by atoms with Crippen molar-refractivity contribution in [3.05, 3.63) is 12.2 Å². The molecule has 0 bridgehead atoms. The molecule has 1 unspecified atom stereocenters. The van der Waals surface area contributed by atoms with Crippen LogP contribution in [-0.4, -0.2) is 89.3 Å². The van der Waals surface area contributed by atoms with Gasteiger partial charge in [-0.25, -0.2) is 4.57 Å². The third kappa shape index (κ3) is 39.5. The number of nitrogens with two attached hydrogens (primary N) is 1. The van der Waals surface area contributed by atoms with Gasteiger partial charge in [0.05, 0.1) is 20.0 Å². The van der Waals surface area contributed by atoms with Gasteiger partial charge in [0.2, 0.25) is 0 Å². The molecular weight excluding hydrogens is 720 g/mol. The van der Waals surface area contributed by atoms with Crippen LogP contribution in [0.2, 0.25) is 0 Å². The zero-order valence-electron chi connectivity index (χ0n) is 39.1. The maximum absolute atomic E-state index is 12.9. The Labute approximate surface area is 358 Å². The minimum Gasteiger partial charge on any atom is -0.480 e. The molecule has 1 radical (unpaired) electrons. The Kier molecular flexibility index (Phi) is 34.4. The Balaban J connectivity index is 0. The maximum atomic E-state index is 12.9. The summed E-state index contributed by atoms with van der Waals surface area (Å²) in [6.45, 7) is -4.39. The van der Waals surface area contributed by atoms with Crippen molar-refractivity contribution in [2.45, 2.75) is 212 Å². The number of allylic oxidation sites excluding steroid dienone is 2. The first-order valence-electron chi connectivity index (χ1n) is 23.2. The molecule has 0 amide bonds. The quantitative estimate of drug-likeness (QED) is 0.0177. The van der Waals surface area contributed by atoms with Gasteiger partial charge in [0, 0.05) is 42.4 Å². The van der Waals surface area contributed by atoms with Crippen molar-refractivity contribution < 1.29 is 54.3 Å². The van der Waals surface area contributed by atoms with Crippen molar-refractivity contribution in [1.29, 1.82) is 0 Å². The Morgan fingerprint density at radius 2 is 1.04 bits per heavy atom.